The van der Waals surface area contributed by atoms with Crippen LogP contribution in [0.1, 0.15) is 63.5 Å². The SMILES string of the molecule is CNC(C)C(=O)N[C@H](C(=O)N1CCC[C@@H]1c1c[nH]c2ccccc12)C1CCCCC1. The number of rotatable bonds is 6. The molecule has 3 atom stereocenters. The summed E-state index contributed by atoms with van der Waals surface area (Å²) in [5.74, 6) is 0.221. The van der Waals surface area contributed by atoms with Crippen LogP contribution in [0.3, 0.4) is 0 Å². The summed E-state index contributed by atoms with van der Waals surface area (Å²) in [7, 11) is 1.77. The van der Waals surface area contributed by atoms with Crippen LogP contribution in [-0.4, -0.2) is 47.4 Å². The van der Waals surface area contributed by atoms with Crippen molar-refractivity contribution < 1.29 is 9.59 Å². The van der Waals surface area contributed by atoms with Crippen molar-refractivity contribution in [1.82, 2.24) is 20.5 Å². The van der Waals surface area contributed by atoms with Gasteiger partial charge in [-0.2, -0.15) is 0 Å². The van der Waals surface area contributed by atoms with Crippen molar-refractivity contribution in [3.05, 3.63) is 36.0 Å². The first-order chi connectivity index (χ1) is 14.6. The molecule has 162 valence electrons. The zero-order valence-corrected chi connectivity index (χ0v) is 18.1. The van der Waals surface area contributed by atoms with E-state index in [-0.39, 0.29) is 29.8 Å². The molecule has 30 heavy (non-hydrogen) atoms. The van der Waals surface area contributed by atoms with Crippen LogP contribution < -0.4 is 10.6 Å². The first-order valence-corrected chi connectivity index (χ1v) is 11.4. The summed E-state index contributed by atoms with van der Waals surface area (Å²) < 4.78 is 0. The Balaban J connectivity index is 1.59. The molecule has 1 unspecified atom stereocenters. The van der Waals surface area contributed by atoms with Gasteiger partial charge in [-0.25, -0.2) is 0 Å². The molecule has 1 aliphatic heterocycles. The molecule has 1 aliphatic carbocycles. The molecule has 2 amide bonds. The van der Waals surface area contributed by atoms with E-state index in [4.69, 9.17) is 0 Å². The molecule has 0 spiro atoms. The van der Waals surface area contributed by atoms with Gasteiger partial charge in [0.2, 0.25) is 11.8 Å². The van der Waals surface area contributed by atoms with E-state index in [0.717, 1.165) is 50.6 Å². The summed E-state index contributed by atoms with van der Waals surface area (Å²) in [5, 5.41) is 7.29. The predicted octanol–water partition coefficient (Wildman–Crippen LogP) is 3.50. The summed E-state index contributed by atoms with van der Waals surface area (Å²) in [6.07, 6.45) is 9.53. The van der Waals surface area contributed by atoms with Crippen LogP contribution in [-0.2, 0) is 9.59 Å². The van der Waals surface area contributed by atoms with E-state index in [0.29, 0.717) is 0 Å². The predicted molar refractivity (Wildman–Crippen MR) is 119 cm³/mol. The van der Waals surface area contributed by atoms with Gasteiger partial charge in [-0.3, -0.25) is 9.59 Å². The molecule has 1 aromatic heterocycles. The fraction of sp³-hybridized carbons (Fsp3) is 0.583. The largest absolute Gasteiger partial charge is 0.361 e. The molecule has 6 nitrogen and oxygen atoms in total. The number of carbonyl (C=O) groups is 2. The van der Waals surface area contributed by atoms with Gasteiger partial charge >= 0.3 is 0 Å². The fourth-order valence-electron chi connectivity index (χ4n) is 5.16. The molecule has 0 bridgehead atoms. The maximum Gasteiger partial charge on any atom is 0.245 e. The topological polar surface area (TPSA) is 77.2 Å². The van der Waals surface area contributed by atoms with Crippen molar-refractivity contribution in [3.8, 4) is 0 Å². The number of benzene rings is 1. The number of para-hydroxylation sites is 1. The Morgan fingerprint density at radius 2 is 1.87 bits per heavy atom. The molecule has 4 rings (SSSR count). The van der Waals surface area contributed by atoms with E-state index in [9.17, 15) is 9.59 Å². The minimum Gasteiger partial charge on any atom is -0.361 e. The van der Waals surface area contributed by atoms with Gasteiger partial charge in [0.15, 0.2) is 0 Å². The zero-order valence-electron chi connectivity index (χ0n) is 18.1. The summed E-state index contributed by atoms with van der Waals surface area (Å²) in [6, 6.07) is 7.59. The number of carbonyl (C=O) groups excluding carboxylic acids is 2. The molecular formula is C24H34N4O2. The first-order valence-electron chi connectivity index (χ1n) is 11.4. The van der Waals surface area contributed by atoms with Gasteiger partial charge in [0, 0.05) is 23.6 Å². The van der Waals surface area contributed by atoms with Crippen molar-refractivity contribution >= 4 is 22.7 Å². The lowest BCUT2D eigenvalue weighted by molar-refractivity contribution is -0.139. The summed E-state index contributed by atoms with van der Waals surface area (Å²) in [6.45, 7) is 2.59. The normalized spacial score (nSPS) is 22.2. The number of hydrogen-bond donors (Lipinski definition) is 3. The van der Waals surface area contributed by atoms with Crippen LogP contribution in [0.4, 0.5) is 0 Å². The number of nitrogens with one attached hydrogen (secondary N) is 3. The number of fused-ring (bicyclic) bond motifs is 1. The molecule has 2 fully saturated rings. The summed E-state index contributed by atoms with van der Waals surface area (Å²) in [5.41, 5.74) is 2.29. The lowest BCUT2D eigenvalue weighted by atomic mass is 9.83. The van der Waals surface area contributed by atoms with Crippen molar-refractivity contribution in [2.45, 2.75) is 70.0 Å². The zero-order chi connectivity index (χ0) is 21.1. The highest BCUT2D eigenvalue weighted by molar-refractivity contribution is 5.91. The van der Waals surface area contributed by atoms with Crippen LogP contribution in [0.15, 0.2) is 30.5 Å². The Morgan fingerprint density at radius 1 is 1.10 bits per heavy atom. The second-order valence-electron chi connectivity index (χ2n) is 8.87. The number of nitrogens with zero attached hydrogens (tertiary/aromatic N) is 1. The smallest absolute Gasteiger partial charge is 0.245 e. The third-order valence-electron chi connectivity index (χ3n) is 7.03. The van der Waals surface area contributed by atoms with Gasteiger partial charge in [-0.05, 0) is 57.2 Å². The van der Waals surface area contributed by atoms with E-state index in [1.807, 2.05) is 24.0 Å². The Kier molecular flexibility index (Phi) is 6.42. The molecule has 6 heteroatoms. The summed E-state index contributed by atoms with van der Waals surface area (Å²) in [4.78, 5) is 31.9. The van der Waals surface area contributed by atoms with E-state index in [1.165, 1.54) is 17.4 Å². The highest BCUT2D eigenvalue weighted by Crippen LogP contribution is 2.37. The van der Waals surface area contributed by atoms with Crippen LogP contribution in [0.5, 0.6) is 0 Å². The standard InChI is InChI=1S/C24H34N4O2/c1-16(25-2)23(29)27-22(17-9-4-3-5-10-17)24(30)28-14-8-13-21(28)19-15-26-20-12-7-6-11-18(19)20/h6-7,11-12,15-17,21-22,25-26H,3-5,8-10,13-14H2,1-2H3,(H,27,29)/t16?,21-,22+/m1/s1. The lowest BCUT2D eigenvalue weighted by Gasteiger charge is -2.35. The van der Waals surface area contributed by atoms with Crippen LogP contribution in [0.25, 0.3) is 10.9 Å². The van der Waals surface area contributed by atoms with Crippen LogP contribution in [0, 0.1) is 5.92 Å². The van der Waals surface area contributed by atoms with Gasteiger partial charge in [-0.1, -0.05) is 37.5 Å². The maximum atomic E-state index is 13.8. The highest BCUT2D eigenvalue weighted by Gasteiger charge is 2.39. The van der Waals surface area contributed by atoms with Crippen molar-refractivity contribution in [3.63, 3.8) is 0 Å². The van der Waals surface area contributed by atoms with Gasteiger partial charge in [0.05, 0.1) is 12.1 Å². The van der Waals surface area contributed by atoms with E-state index in [2.05, 4.69) is 33.9 Å². The second kappa shape index (κ2) is 9.21. The fourth-order valence-corrected chi connectivity index (χ4v) is 5.16. The third kappa shape index (κ3) is 4.10. The van der Waals surface area contributed by atoms with E-state index >= 15 is 0 Å². The molecule has 1 aromatic carbocycles. The minimum absolute atomic E-state index is 0.0679. The number of amides is 2. The lowest BCUT2D eigenvalue weighted by Crippen LogP contribution is -2.55. The molecular weight excluding hydrogens is 376 g/mol. The minimum atomic E-state index is -0.431. The van der Waals surface area contributed by atoms with Crippen molar-refractivity contribution in [1.29, 1.82) is 0 Å². The van der Waals surface area contributed by atoms with Crippen LogP contribution in [0.2, 0.25) is 0 Å². The van der Waals surface area contributed by atoms with Gasteiger partial charge in [-0.15, -0.1) is 0 Å². The number of likely N-dealkylation sites (N-methyl/N-ethyl adjacent to an activating group) is 1. The molecule has 2 aliphatic rings. The number of hydrogen-bond acceptors (Lipinski definition) is 3. The monoisotopic (exact) mass is 410 g/mol. The molecule has 2 aromatic rings. The Bertz CT molecular complexity index is 886. The van der Waals surface area contributed by atoms with E-state index in [1.54, 1.807) is 7.05 Å². The van der Waals surface area contributed by atoms with Crippen molar-refractivity contribution in [2.24, 2.45) is 5.92 Å². The molecule has 0 radical (unpaired) electrons. The number of aromatic nitrogens is 1. The van der Waals surface area contributed by atoms with E-state index < -0.39 is 6.04 Å². The van der Waals surface area contributed by atoms with Crippen LogP contribution >= 0.6 is 0 Å². The quantitative estimate of drug-likeness (QED) is 0.682. The molecule has 1 saturated carbocycles. The molecule has 1 saturated heterocycles. The number of H-pyrrole nitrogens is 1. The average molecular weight is 411 g/mol. The second-order valence-corrected chi connectivity index (χ2v) is 8.87. The number of aromatic amines is 1. The Labute approximate surface area is 178 Å². The highest BCUT2D eigenvalue weighted by atomic mass is 16.2. The van der Waals surface area contributed by atoms with Gasteiger partial charge in [0.25, 0.3) is 0 Å². The molecule has 3 N–H and O–H groups in total. The van der Waals surface area contributed by atoms with Gasteiger partial charge < -0.3 is 20.5 Å². The number of likely N-dealkylation sites (tertiary alicyclic amines) is 1. The van der Waals surface area contributed by atoms with Gasteiger partial charge in [0.1, 0.15) is 6.04 Å². The van der Waals surface area contributed by atoms with Crippen molar-refractivity contribution in [2.75, 3.05) is 13.6 Å². The Hall–Kier alpha value is -2.34. The first kappa shape index (κ1) is 20.9. The summed E-state index contributed by atoms with van der Waals surface area (Å²) >= 11 is 0. The maximum absolute atomic E-state index is 13.8. The third-order valence-corrected chi connectivity index (χ3v) is 7.03. The molecule has 2 heterocycles. The average Bonchev–Trinajstić information content (AvgIpc) is 3.43. The Morgan fingerprint density at radius 3 is 2.63 bits per heavy atom.